The van der Waals surface area contributed by atoms with Gasteiger partial charge in [-0.1, -0.05) is 46.4 Å². The lowest BCUT2D eigenvalue weighted by Gasteiger charge is -2.18. The lowest BCUT2D eigenvalue weighted by Crippen LogP contribution is -2.33. The van der Waals surface area contributed by atoms with E-state index in [0.29, 0.717) is 26.5 Å². The van der Waals surface area contributed by atoms with E-state index in [1.165, 1.54) is 17.0 Å². The monoisotopic (exact) mass is 403 g/mol. The third kappa shape index (κ3) is 3.20. The normalized spacial score (nSPS) is 13.4. The van der Waals surface area contributed by atoms with Crippen LogP contribution in [0.25, 0.3) is 0 Å². The van der Waals surface area contributed by atoms with Gasteiger partial charge >= 0.3 is 0 Å². The average Bonchev–Trinajstić information content (AvgIpc) is 2.76. The molecule has 0 saturated carbocycles. The van der Waals surface area contributed by atoms with Crippen molar-refractivity contribution in [1.82, 2.24) is 0 Å². The summed E-state index contributed by atoms with van der Waals surface area (Å²) >= 11 is 23.9. The van der Waals surface area contributed by atoms with Crippen molar-refractivity contribution in [1.29, 1.82) is 0 Å². The quantitative estimate of drug-likeness (QED) is 0.680. The predicted octanol–water partition coefficient (Wildman–Crippen LogP) is 4.91. The van der Waals surface area contributed by atoms with E-state index < -0.39 is 11.7 Å². The van der Waals surface area contributed by atoms with Gasteiger partial charge in [-0.25, -0.2) is 0 Å². The second kappa shape index (κ2) is 6.81. The van der Waals surface area contributed by atoms with Gasteiger partial charge in [0.2, 0.25) is 0 Å². The first kappa shape index (κ1) is 17.4. The van der Waals surface area contributed by atoms with E-state index in [2.05, 4.69) is 0 Å². The van der Waals surface area contributed by atoms with Gasteiger partial charge in [-0.3, -0.25) is 14.5 Å². The minimum absolute atomic E-state index is 0.109. The molecule has 0 saturated heterocycles. The fourth-order valence-electron chi connectivity index (χ4n) is 2.40. The zero-order valence-electron chi connectivity index (χ0n) is 12.0. The van der Waals surface area contributed by atoms with Crippen molar-refractivity contribution in [2.24, 2.45) is 0 Å². The molecular weight excluding hydrogens is 396 g/mol. The molecule has 1 aliphatic rings. The van der Waals surface area contributed by atoms with Gasteiger partial charge in [-0.05, 0) is 24.3 Å². The number of nitrogens with zero attached hydrogens (tertiary/aromatic N) is 1. The van der Waals surface area contributed by atoms with Crippen molar-refractivity contribution < 1.29 is 14.3 Å². The number of carbonyl (C=O) groups excluding carboxylic acids is 2. The number of fused-ring (bicyclic) bond motifs is 1. The Kier molecular flexibility index (Phi) is 4.92. The van der Waals surface area contributed by atoms with Gasteiger partial charge in [0.1, 0.15) is 12.4 Å². The van der Waals surface area contributed by atoms with E-state index in [1.54, 1.807) is 18.2 Å². The zero-order chi connectivity index (χ0) is 17.4. The summed E-state index contributed by atoms with van der Waals surface area (Å²) < 4.78 is 5.55. The number of hydrogen-bond donors (Lipinski definition) is 0. The molecule has 1 aliphatic heterocycles. The molecule has 1 amide bonds. The van der Waals surface area contributed by atoms with Crippen LogP contribution >= 0.6 is 46.4 Å². The van der Waals surface area contributed by atoms with Crippen LogP contribution in [0.15, 0.2) is 30.3 Å². The topological polar surface area (TPSA) is 46.6 Å². The van der Waals surface area contributed by atoms with Crippen molar-refractivity contribution in [2.45, 2.75) is 0 Å². The Morgan fingerprint density at radius 1 is 0.917 bits per heavy atom. The molecule has 0 unspecified atom stereocenters. The van der Waals surface area contributed by atoms with Crippen molar-refractivity contribution >= 4 is 63.8 Å². The number of hydrogen-bond acceptors (Lipinski definition) is 3. The summed E-state index contributed by atoms with van der Waals surface area (Å²) in [5.74, 6) is -0.922. The van der Waals surface area contributed by atoms with E-state index >= 15 is 0 Å². The number of ketones is 1. The maximum atomic E-state index is 12.2. The van der Waals surface area contributed by atoms with Crippen LogP contribution < -0.4 is 9.64 Å². The Hall–Kier alpha value is -1.46. The van der Waals surface area contributed by atoms with Crippen molar-refractivity contribution in [2.75, 3.05) is 18.1 Å². The lowest BCUT2D eigenvalue weighted by atomic mass is 10.1. The fraction of sp³-hybridized carbons (Fsp3) is 0.125. The summed E-state index contributed by atoms with van der Waals surface area (Å²) in [4.78, 5) is 25.5. The van der Waals surface area contributed by atoms with E-state index in [4.69, 9.17) is 51.1 Å². The summed E-state index contributed by atoms with van der Waals surface area (Å²) in [5.41, 5.74) is 0.537. The smallest absolute Gasteiger partial charge is 0.299 e. The van der Waals surface area contributed by atoms with E-state index in [0.717, 1.165) is 0 Å². The molecule has 124 valence electrons. The van der Waals surface area contributed by atoms with Gasteiger partial charge in [0, 0.05) is 16.1 Å². The van der Waals surface area contributed by atoms with Crippen molar-refractivity contribution in [3.05, 3.63) is 56.0 Å². The van der Waals surface area contributed by atoms with E-state index in [1.807, 2.05) is 0 Å². The van der Waals surface area contributed by atoms with Gasteiger partial charge in [0.05, 0.1) is 27.8 Å². The first-order valence-corrected chi connectivity index (χ1v) is 8.33. The van der Waals surface area contributed by atoms with Crippen LogP contribution in [0.4, 0.5) is 5.69 Å². The number of halogens is 4. The molecule has 0 atom stereocenters. The maximum absolute atomic E-state index is 12.2. The van der Waals surface area contributed by atoms with Crippen LogP contribution in [-0.2, 0) is 4.79 Å². The minimum atomic E-state index is -0.671. The Labute approximate surface area is 157 Å². The molecule has 0 bridgehead atoms. The van der Waals surface area contributed by atoms with E-state index in [-0.39, 0.29) is 23.7 Å². The number of Topliss-reactive ketones (excluding diaryl/α,β-unsaturated/α-hetero) is 1. The van der Waals surface area contributed by atoms with Gasteiger partial charge in [0.15, 0.2) is 0 Å². The van der Waals surface area contributed by atoms with Gasteiger partial charge in [-0.15, -0.1) is 0 Å². The first-order valence-electron chi connectivity index (χ1n) is 6.81. The number of rotatable bonds is 4. The molecule has 4 nitrogen and oxygen atoms in total. The van der Waals surface area contributed by atoms with Crippen LogP contribution in [0.3, 0.4) is 0 Å². The lowest BCUT2D eigenvalue weighted by molar-refractivity contribution is -0.114. The average molecular weight is 405 g/mol. The molecule has 1 heterocycles. The van der Waals surface area contributed by atoms with E-state index in [9.17, 15) is 9.59 Å². The van der Waals surface area contributed by atoms with Crippen LogP contribution in [0.5, 0.6) is 5.75 Å². The number of benzene rings is 2. The van der Waals surface area contributed by atoms with Crippen LogP contribution in [0.2, 0.25) is 20.1 Å². The molecule has 2 aromatic carbocycles. The van der Waals surface area contributed by atoms with Crippen molar-refractivity contribution in [3.63, 3.8) is 0 Å². The highest BCUT2D eigenvalue weighted by Crippen LogP contribution is 2.38. The summed E-state index contributed by atoms with van der Waals surface area (Å²) in [7, 11) is 0. The maximum Gasteiger partial charge on any atom is 0.299 e. The minimum Gasteiger partial charge on any atom is -0.490 e. The molecular formula is C16H9Cl4NO3. The highest BCUT2D eigenvalue weighted by atomic mass is 35.5. The van der Waals surface area contributed by atoms with Gasteiger partial charge < -0.3 is 4.74 Å². The molecule has 2 aromatic rings. The molecule has 24 heavy (non-hydrogen) atoms. The first-order chi connectivity index (χ1) is 11.4. The fourth-order valence-corrected chi connectivity index (χ4v) is 3.33. The summed E-state index contributed by atoms with van der Waals surface area (Å²) in [6.07, 6.45) is 0. The summed E-state index contributed by atoms with van der Waals surface area (Å²) in [6.45, 7) is 0.235. The highest BCUT2D eigenvalue weighted by Gasteiger charge is 2.37. The molecule has 0 radical (unpaired) electrons. The predicted molar refractivity (Wildman–Crippen MR) is 95.1 cm³/mol. The Bertz CT molecular complexity index is 853. The Balaban J connectivity index is 1.78. The third-order valence-corrected chi connectivity index (χ3v) is 4.50. The molecule has 8 heteroatoms. The van der Waals surface area contributed by atoms with Gasteiger partial charge in [0.25, 0.3) is 11.7 Å². The largest absolute Gasteiger partial charge is 0.490 e. The number of amides is 1. The number of ether oxygens (including phenoxy) is 1. The second-order valence-electron chi connectivity index (χ2n) is 4.99. The molecule has 0 spiro atoms. The highest BCUT2D eigenvalue weighted by molar-refractivity contribution is 6.54. The van der Waals surface area contributed by atoms with Gasteiger partial charge in [-0.2, -0.15) is 0 Å². The molecule has 0 fully saturated rings. The van der Waals surface area contributed by atoms with Crippen LogP contribution in [0.1, 0.15) is 10.4 Å². The molecule has 0 aromatic heterocycles. The molecule has 0 aliphatic carbocycles. The van der Waals surface area contributed by atoms with Crippen LogP contribution in [0, 0.1) is 0 Å². The second-order valence-corrected chi connectivity index (χ2v) is 6.68. The molecule has 0 N–H and O–H groups in total. The Morgan fingerprint density at radius 2 is 1.67 bits per heavy atom. The number of anilines is 1. The standard InChI is InChI=1S/C16H9Cl4NO3/c17-8-1-2-11(19)13(7-8)24-4-3-21-14-10(15(22)16(21)23)5-9(18)6-12(14)20/h1-2,5-7H,3-4H2. The summed E-state index contributed by atoms with van der Waals surface area (Å²) in [5, 5.41) is 1.40. The number of carbonyl (C=O) groups is 2. The zero-order valence-corrected chi connectivity index (χ0v) is 15.0. The SMILES string of the molecule is O=C1C(=O)N(CCOc2cc(Cl)ccc2Cl)c2c(Cl)cc(Cl)cc21. The Morgan fingerprint density at radius 3 is 2.42 bits per heavy atom. The van der Waals surface area contributed by atoms with Crippen LogP contribution in [-0.4, -0.2) is 24.8 Å². The van der Waals surface area contributed by atoms with Crippen molar-refractivity contribution in [3.8, 4) is 5.75 Å². The molecule has 3 rings (SSSR count). The third-order valence-electron chi connectivity index (χ3n) is 3.45. The summed E-state index contributed by atoms with van der Waals surface area (Å²) in [6, 6.07) is 7.73.